The van der Waals surface area contributed by atoms with Crippen molar-refractivity contribution in [2.24, 2.45) is 0 Å². The summed E-state index contributed by atoms with van der Waals surface area (Å²) < 4.78 is 13.0. The molecule has 0 radical (unpaired) electrons. The number of carbonyl (C=O) groups is 2. The van der Waals surface area contributed by atoms with Crippen molar-refractivity contribution in [2.75, 3.05) is 19.0 Å². The molecule has 1 aliphatic rings. The van der Waals surface area contributed by atoms with Gasteiger partial charge in [0.05, 0.1) is 34.6 Å². The third-order valence-corrected chi connectivity index (χ3v) is 8.67. The van der Waals surface area contributed by atoms with Gasteiger partial charge in [0.25, 0.3) is 5.91 Å². The van der Waals surface area contributed by atoms with Crippen LogP contribution in [0.3, 0.4) is 0 Å². The summed E-state index contributed by atoms with van der Waals surface area (Å²) in [4.78, 5) is 34.2. The lowest BCUT2D eigenvalue weighted by atomic mass is 9.95. The molecule has 222 valence electrons. The average molecular weight is 600 g/mol. The number of nitrogens with one attached hydrogen (secondary N) is 2. The van der Waals surface area contributed by atoms with Crippen molar-refractivity contribution < 1.29 is 23.8 Å². The van der Waals surface area contributed by atoms with Crippen molar-refractivity contribution in [3.63, 3.8) is 0 Å². The van der Waals surface area contributed by atoms with E-state index >= 15 is 0 Å². The van der Waals surface area contributed by atoms with Crippen LogP contribution >= 0.6 is 11.3 Å². The molecule has 0 bridgehead atoms. The SMILES string of the molecule is CNc1nc([C@H](Cc2ccc(OCC(=O)O)cc2)NC(=O)c2ccc3c(c2)nc(-c2ccoc2)n3C2CCCCC2)cs1. The maximum Gasteiger partial charge on any atom is 0.341 e. The van der Waals surface area contributed by atoms with E-state index in [2.05, 4.69) is 20.2 Å². The fraction of sp³-hybridized carbons (Fsp3) is 0.312. The van der Waals surface area contributed by atoms with Crippen molar-refractivity contribution in [1.82, 2.24) is 19.9 Å². The van der Waals surface area contributed by atoms with Gasteiger partial charge in [0.1, 0.15) is 17.8 Å². The first kappa shape index (κ1) is 28.5. The monoisotopic (exact) mass is 599 g/mol. The zero-order valence-electron chi connectivity index (χ0n) is 23.8. The normalized spacial score (nSPS) is 14.4. The van der Waals surface area contributed by atoms with Gasteiger partial charge in [-0.1, -0.05) is 31.4 Å². The van der Waals surface area contributed by atoms with Gasteiger partial charge in [0.2, 0.25) is 0 Å². The molecule has 3 heterocycles. The van der Waals surface area contributed by atoms with Crippen LogP contribution in [-0.4, -0.2) is 45.2 Å². The second-order valence-corrected chi connectivity index (χ2v) is 11.6. The summed E-state index contributed by atoms with van der Waals surface area (Å²) in [7, 11) is 1.81. The molecule has 0 saturated heterocycles. The number of aromatic nitrogens is 3. The van der Waals surface area contributed by atoms with Crippen LogP contribution in [0.1, 0.15) is 65.8 Å². The molecule has 10 nitrogen and oxygen atoms in total. The van der Waals surface area contributed by atoms with Crippen LogP contribution < -0.4 is 15.4 Å². The molecule has 5 aromatic rings. The van der Waals surface area contributed by atoms with Crippen molar-refractivity contribution in [1.29, 1.82) is 0 Å². The Hall–Kier alpha value is -4.64. The number of ether oxygens (including phenoxy) is 1. The van der Waals surface area contributed by atoms with Gasteiger partial charge >= 0.3 is 5.97 Å². The molecule has 1 fully saturated rings. The number of benzene rings is 2. The predicted octanol–water partition coefficient (Wildman–Crippen LogP) is 6.48. The van der Waals surface area contributed by atoms with Crippen LogP contribution in [0.2, 0.25) is 0 Å². The van der Waals surface area contributed by atoms with E-state index in [1.54, 1.807) is 24.7 Å². The van der Waals surface area contributed by atoms with Gasteiger partial charge in [0.15, 0.2) is 11.7 Å². The molecule has 1 saturated carbocycles. The Balaban J connectivity index is 1.27. The lowest BCUT2D eigenvalue weighted by molar-refractivity contribution is -0.139. The fourth-order valence-electron chi connectivity index (χ4n) is 5.68. The maximum absolute atomic E-state index is 13.7. The van der Waals surface area contributed by atoms with E-state index in [1.807, 2.05) is 48.8 Å². The van der Waals surface area contributed by atoms with Crippen LogP contribution in [0.4, 0.5) is 5.13 Å². The summed E-state index contributed by atoms with van der Waals surface area (Å²) in [5, 5.41) is 17.8. The minimum absolute atomic E-state index is 0.218. The Morgan fingerprint density at radius 1 is 1.12 bits per heavy atom. The zero-order chi connectivity index (χ0) is 29.8. The van der Waals surface area contributed by atoms with E-state index in [0.717, 1.165) is 51.7 Å². The highest BCUT2D eigenvalue weighted by molar-refractivity contribution is 7.13. The first-order valence-corrected chi connectivity index (χ1v) is 15.3. The Morgan fingerprint density at radius 2 is 1.93 bits per heavy atom. The van der Waals surface area contributed by atoms with Gasteiger partial charge in [-0.2, -0.15) is 0 Å². The number of furan rings is 1. The average Bonchev–Trinajstić information content (AvgIpc) is 3.80. The lowest BCUT2D eigenvalue weighted by Gasteiger charge is -2.25. The van der Waals surface area contributed by atoms with E-state index < -0.39 is 18.6 Å². The number of amides is 1. The van der Waals surface area contributed by atoms with Gasteiger partial charge in [-0.25, -0.2) is 14.8 Å². The van der Waals surface area contributed by atoms with Crippen LogP contribution in [0.5, 0.6) is 5.75 Å². The van der Waals surface area contributed by atoms with Crippen LogP contribution in [0.25, 0.3) is 22.4 Å². The first-order valence-electron chi connectivity index (χ1n) is 14.4. The number of carboxylic acids is 1. The predicted molar refractivity (Wildman–Crippen MR) is 165 cm³/mol. The Labute approximate surface area is 252 Å². The molecule has 3 N–H and O–H groups in total. The highest BCUT2D eigenvalue weighted by Crippen LogP contribution is 2.36. The van der Waals surface area contributed by atoms with E-state index in [1.165, 1.54) is 30.6 Å². The zero-order valence-corrected chi connectivity index (χ0v) is 24.6. The molecule has 6 rings (SSSR count). The van der Waals surface area contributed by atoms with Crippen LogP contribution in [0.15, 0.2) is 70.9 Å². The molecular formula is C32H33N5O5S. The molecule has 0 unspecified atom stereocenters. The molecule has 11 heteroatoms. The topological polar surface area (TPSA) is 132 Å². The third kappa shape index (κ3) is 6.41. The summed E-state index contributed by atoms with van der Waals surface area (Å²) in [6.07, 6.45) is 9.73. The molecule has 0 aliphatic heterocycles. The van der Waals surface area contributed by atoms with Gasteiger partial charge in [-0.05, 0) is 61.2 Å². The number of fused-ring (bicyclic) bond motifs is 1. The van der Waals surface area contributed by atoms with Crippen LogP contribution in [-0.2, 0) is 11.2 Å². The summed E-state index contributed by atoms with van der Waals surface area (Å²) >= 11 is 1.47. The minimum atomic E-state index is -1.03. The number of thiazole rings is 1. The molecule has 2 aromatic carbocycles. The second-order valence-electron chi connectivity index (χ2n) is 10.7. The number of hydrogen-bond acceptors (Lipinski definition) is 8. The van der Waals surface area contributed by atoms with Crippen molar-refractivity contribution in [2.45, 2.75) is 50.6 Å². The van der Waals surface area contributed by atoms with Crippen molar-refractivity contribution >= 4 is 39.4 Å². The smallest absolute Gasteiger partial charge is 0.341 e. The molecule has 3 aromatic heterocycles. The summed E-state index contributed by atoms with van der Waals surface area (Å²) in [5.41, 5.74) is 4.92. The quantitative estimate of drug-likeness (QED) is 0.157. The third-order valence-electron chi connectivity index (χ3n) is 7.79. The summed E-state index contributed by atoms with van der Waals surface area (Å²) in [5.74, 6) is 0.0781. The number of carbonyl (C=O) groups excluding carboxylic acids is 1. The highest BCUT2D eigenvalue weighted by atomic mass is 32.1. The minimum Gasteiger partial charge on any atom is -0.482 e. The number of aliphatic carboxylic acids is 1. The summed E-state index contributed by atoms with van der Waals surface area (Å²) in [6.45, 7) is -0.406. The van der Waals surface area contributed by atoms with Gasteiger partial charge in [0, 0.05) is 24.0 Å². The molecule has 1 aliphatic carbocycles. The van der Waals surface area contributed by atoms with Gasteiger partial charge < -0.3 is 29.5 Å². The van der Waals surface area contributed by atoms with E-state index in [-0.39, 0.29) is 5.91 Å². The standard InChI is InChI=1S/C32H33N5O5S/c1-33-32-36-27(19-43-32)25(15-20-7-10-24(11-8-20)42-18-29(38)39)35-31(40)21-9-12-28-26(16-21)34-30(22-13-14-41-17-22)37(28)23-5-3-2-4-6-23/h7-14,16-17,19,23,25H,2-6,15,18H2,1H3,(H,33,36)(H,35,40)(H,38,39)/t25-/m0/s1. The van der Waals surface area contributed by atoms with E-state index in [0.29, 0.717) is 23.8 Å². The van der Waals surface area contributed by atoms with Crippen molar-refractivity contribution in [3.05, 3.63) is 83.3 Å². The molecule has 0 spiro atoms. The summed E-state index contributed by atoms with van der Waals surface area (Å²) in [6, 6.07) is 14.8. The maximum atomic E-state index is 13.7. The van der Waals surface area contributed by atoms with Gasteiger partial charge in [-0.15, -0.1) is 11.3 Å². The number of hydrogen-bond donors (Lipinski definition) is 3. The Morgan fingerprint density at radius 3 is 2.63 bits per heavy atom. The number of anilines is 1. The number of nitrogens with zero attached hydrogens (tertiary/aromatic N) is 3. The van der Waals surface area contributed by atoms with E-state index in [4.69, 9.17) is 19.2 Å². The lowest BCUT2D eigenvalue weighted by Crippen LogP contribution is -2.30. The second kappa shape index (κ2) is 12.7. The Kier molecular flexibility index (Phi) is 8.41. The molecule has 1 atom stereocenters. The highest BCUT2D eigenvalue weighted by Gasteiger charge is 2.25. The largest absolute Gasteiger partial charge is 0.482 e. The number of carboxylic acid groups (broad SMARTS) is 1. The fourth-order valence-corrected chi connectivity index (χ4v) is 6.40. The first-order chi connectivity index (χ1) is 21.0. The van der Waals surface area contributed by atoms with Crippen LogP contribution in [0, 0.1) is 0 Å². The van der Waals surface area contributed by atoms with E-state index in [9.17, 15) is 9.59 Å². The molecule has 43 heavy (non-hydrogen) atoms. The molecule has 1 amide bonds. The molecular weight excluding hydrogens is 566 g/mol. The number of imidazole rings is 1. The Bertz CT molecular complexity index is 1700. The van der Waals surface area contributed by atoms with Crippen molar-refractivity contribution in [3.8, 4) is 17.1 Å². The van der Waals surface area contributed by atoms with Gasteiger partial charge in [-0.3, -0.25) is 4.79 Å². The number of rotatable bonds is 11.